The van der Waals surface area contributed by atoms with Crippen molar-refractivity contribution in [2.75, 3.05) is 15.3 Å². The predicted molar refractivity (Wildman–Crippen MR) is 136 cm³/mol. The summed E-state index contributed by atoms with van der Waals surface area (Å²) >= 11 is 0. The van der Waals surface area contributed by atoms with Crippen molar-refractivity contribution < 1.29 is 31.5 Å². The normalized spacial score (nSPS) is 14.6. The number of anilines is 2. The molecule has 12 heteroatoms. The Bertz CT molecular complexity index is 1570. The van der Waals surface area contributed by atoms with Crippen LogP contribution in [0.15, 0.2) is 78.8 Å². The van der Waals surface area contributed by atoms with Crippen LogP contribution in [0.5, 0.6) is 5.75 Å². The fourth-order valence-corrected chi connectivity index (χ4v) is 5.26. The van der Waals surface area contributed by atoms with Gasteiger partial charge < -0.3 is 9.84 Å². The first-order valence-corrected chi connectivity index (χ1v) is 13.9. The van der Waals surface area contributed by atoms with Crippen molar-refractivity contribution in [1.82, 2.24) is 4.72 Å². The van der Waals surface area contributed by atoms with Crippen LogP contribution in [0.1, 0.15) is 27.0 Å². The number of ether oxygens (including phenoxy) is 1. The zero-order chi connectivity index (χ0) is 26.1. The Morgan fingerprint density at radius 3 is 2.44 bits per heavy atom. The van der Waals surface area contributed by atoms with E-state index in [4.69, 9.17) is 4.74 Å². The number of carbonyl (C=O) groups is 1. The first-order valence-electron chi connectivity index (χ1n) is 10.6. The van der Waals surface area contributed by atoms with Crippen LogP contribution in [-0.2, 0) is 26.7 Å². The number of rotatable bonds is 7. The van der Waals surface area contributed by atoms with Gasteiger partial charge >= 0.3 is 16.2 Å². The van der Waals surface area contributed by atoms with Gasteiger partial charge in [0.15, 0.2) is 5.75 Å². The fourth-order valence-electron chi connectivity index (χ4n) is 3.61. The number of aliphatic hydroxyl groups is 1. The molecule has 0 saturated carbocycles. The monoisotopic (exact) mass is 529 g/mol. The Morgan fingerprint density at radius 2 is 1.81 bits per heavy atom. The number of hydrogen-bond donors (Lipinski definition) is 3. The largest absolute Gasteiger partial charge is 0.493 e. The predicted octanol–water partition coefficient (Wildman–Crippen LogP) is 3.19. The van der Waals surface area contributed by atoms with Crippen LogP contribution < -0.4 is 18.5 Å². The Hall–Kier alpha value is -4.03. The van der Waals surface area contributed by atoms with Crippen LogP contribution in [0.2, 0.25) is 0 Å². The van der Waals surface area contributed by atoms with Crippen LogP contribution >= 0.6 is 0 Å². The third-order valence-electron chi connectivity index (χ3n) is 5.16. The van der Waals surface area contributed by atoms with E-state index in [1.165, 1.54) is 12.1 Å². The van der Waals surface area contributed by atoms with Gasteiger partial charge in [0, 0.05) is 0 Å². The van der Waals surface area contributed by atoms with Gasteiger partial charge in [0.1, 0.15) is 5.69 Å². The second-order valence-electron chi connectivity index (χ2n) is 8.19. The minimum Gasteiger partial charge on any atom is -0.493 e. The summed E-state index contributed by atoms with van der Waals surface area (Å²) in [4.78, 5) is 12.8. The van der Waals surface area contributed by atoms with Gasteiger partial charge in [-0.15, -0.1) is 0 Å². The molecular formula is C24H23N3O7S2. The van der Waals surface area contributed by atoms with Gasteiger partial charge in [0.05, 0.1) is 23.7 Å². The summed E-state index contributed by atoms with van der Waals surface area (Å²) < 4.78 is 59.4. The third-order valence-corrected chi connectivity index (χ3v) is 7.04. The molecule has 0 spiro atoms. The van der Waals surface area contributed by atoms with E-state index in [9.17, 15) is 26.7 Å². The molecule has 3 aromatic rings. The maximum absolute atomic E-state index is 12.8. The Kier molecular flexibility index (Phi) is 6.65. The van der Waals surface area contributed by atoms with Crippen LogP contribution in [0.3, 0.4) is 0 Å². The quantitative estimate of drug-likeness (QED) is 0.315. The smallest absolute Gasteiger partial charge is 0.343 e. The fraction of sp³-hybridized carbons (Fsp3) is 0.125. The summed E-state index contributed by atoms with van der Waals surface area (Å²) in [7, 11) is -7.67. The van der Waals surface area contributed by atoms with Crippen LogP contribution in [-0.4, -0.2) is 34.2 Å². The van der Waals surface area contributed by atoms with Crippen LogP contribution in [0, 0.1) is 6.92 Å². The van der Waals surface area contributed by atoms with E-state index in [0.29, 0.717) is 16.8 Å². The Labute approximate surface area is 209 Å². The van der Waals surface area contributed by atoms with E-state index in [-0.39, 0.29) is 23.4 Å². The molecule has 0 atom stereocenters. The van der Waals surface area contributed by atoms with Crippen molar-refractivity contribution in [2.45, 2.75) is 13.3 Å². The number of aliphatic hydroxyl groups excluding tert-OH is 1. The number of sulfonamides is 1. The molecular weight excluding hydrogens is 506 g/mol. The van der Waals surface area contributed by atoms with Gasteiger partial charge in [-0.1, -0.05) is 36.4 Å². The van der Waals surface area contributed by atoms with E-state index in [1.54, 1.807) is 48.5 Å². The average molecular weight is 530 g/mol. The lowest BCUT2D eigenvalue weighted by Gasteiger charge is -2.19. The van der Waals surface area contributed by atoms with Crippen molar-refractivity contribution in [3.63, 3.8) is 0 Å². The first-order chi connectivity index (χ1) is 16.9. The van der Waals surface area contributed by atoms with Crippen molar-refractivity contribution in [3.8, 4) is 5.75 Å². The van der Waals surface area contributed by atoms with E-state index >= 15 is 0 Å². The summed E-state index contributed by atoms with van der Waals surface area (Å²) in [5.74, 6) is -1.36. The molecule has 0 aromatic heterocycles. The zero-order valence-electron chi connectivity index (χ0n) is 19.3. The molecule has 0 amide bonds. The second kappa shape index (κ2) is 9.55. The zero-order valence-corrected chi connectivity index (χ0v) is 20.9. The highest BCUT2D eigenvalue weighted by molar-refractivity contribution is 7.92. The van der Waals surface area contributed by atoms with E-state index in [1.807, 2.05) is 17.7 Å². The lowest BCUT2D eigenvalue weighted by Crippen LogP contribution is -2.30. The Balaban J connectivity index is 1.75. The highest BCUT2D eigenvalue weighted by Gasteiger charge is 2.31. The molecule has 0 unspecified atom stereocenters. The van der Waals surface area contributed by atoms with E-state index in [0.717, 1.165) is 22.3 Å². The molecule has 0 radical (unpaired) electrons. The molecule has 1 heterocycles. The number of hydrogen-bond acceptors (Lipinski definition) is 7. The van der Waals surface area contributed by atoms with Gasteiger partial charge in [0.2, 0.25) is 15.9 Å². The summed E-state index contributed by atoms with van der Waals surface area (Å²) in [6.45, 7) is 1.83. The van der Waals surface area contributed by atoms with Crippen LogP contribution in [0.25, 0.3) is 0 Å². The van der Waals surface area contributed by atoms with Gasteiger partial charge in [-0.3, -0.25) is 4.72 Å². The molecule has 36 heavy (non-hydrogen) atoms. The standard InChI is InChI=1S/C24H23N3O7S2/c1-16-8-10-19(20(12-16)25-35(2,30)31)13-17-9-11-21(27-15-23(28)26-36(27,32)33)22(14-17)34-24(29)18-6-4-3-5-7-18/h3-12,14-15,25-26,28H,13H2,1-2H3. The maximum atomic E-state index is 12.8. The molecule has 3 aromatic carbocycles. The van der Waals surface area contributed by atoms with Gasteiger partial charge in [-0.05, 0) is 60.4 Å². The molecule has 188 valence electrons. The van der Waals surface area contributed by atoms with E-state index in [2.05, 4.69) is 4.72 Å². The summed E-state index contributed by atoms with van der Waals surface area (Å²) in [6, 6.07) is 18.1. The number of esters is 1. The van der Waals surface area contributed by atoms with Crippen molar-refractivity contribution in [1.29, 1.82) is 0 Å². The molecule has 1 aliphatic heterocycles. The number of benzene rings is 3. The summed E-state index contributed by atoms with van der Waals surface area (Å²) in [5, 5.41) is 9.71. The Morgan fingerprint density at radius 1 is 1.08 bits per heavy atom. The SMILES string of the molecule is Cc1ccc(Cc2ccc(N3C=C(O)NS3(=O)=O)c(OC(=O)c3ccccc3)c2)c(NS(C)(=O)=O)c1. The maximum Gasteiger partial charge on any atom is 0.343 e. The topological polar surface area (TPSA) is 142 Å². The van der Waals surface area contributed by atoms with Gasteiger partial charge in [-0.25, -0.2) is 22.2 Å². The molecule has 0 fully saturated rings. The van der Waals surface area contributed by atoms with Crippen molar-refractivity contribution >= 4 is 37.6 Å². The lowest BCUT2D eigenvalue weighted by atomic mass is 10.0. The molecule has 10 nitrogen and oxygen atoms in total. The van der Waals surface area contributed by atoms with Crippen molar-refractivity contribution in [3.05, 3.63) is 101 Å². The first kappa shape index (κ1) is 25.1. The third kappa shape index (κ3) is 5.78. The molecule has 0 bridgehead atoms. The van der Waals surface area contributed by atoms with Crippen LogP contribution in [0.4, 0.5) is 11.4 Å². The van der Waals surface area contributed by atoms with Crippen molar-refractivity contribution in [2.24, 2.45) is 0 Å². The molecule has 1 aliphatic rings. The minimum absolute atomic E-state index is 0.00188. The number of carbonyl (C=O) groups excluding carboxylic acids is 1. The molecule has 3 N–H and O–H groups in total. The number of nitrogens with zero attached hydrogens (tertiary/aromatic N) is 1. The summed E-state index contributed by atoms with van der Waals surface area (Å²) in [5.41, 5.74) is 2.80. The molecule has 0 aliphatic carbocycles. The minimum atomic E-state index is -4.14. The highest BCUT2D eigenvalue weighted by atomic mass is 32.2. The highest BCUT2D eigenvalue weighted by Crippen LogP contribution is 2.35. The lowest BCUT2D eigenvalue weighted by molar-refractivity contribution is 0.0735. The van der Waals surface area contributed by atoms with Gasteiger partial charge in [0.25, 0.3) is 0 Å². The summed E-state index contributed by atoms with van der Waals surface area (Å²) in [6.07, 6.45) is 2.27. The van der Waals surface area contributed by atoms with E-state index < -0.39 is 32.1 Å². The average Bonchev–Trinajstić information content (AvgIpc) is 3.07. The van der Waals surface area contributed by atoms with Gasteiger partial charge in [-0.2, -0.15) is 8.42 Å². The molecule has 4 rings (SSSR count). The number of aryl methyl sites for hydroxylation is 1. The second-order valence-corrected chi connectivity index (χ2v) is 11.5. The molecule has 0 saturated heterocycles. The number of nitrogens with one attached hydrogen (secondary N) is 2.